The van der Waals surface area contributed by atoms with Crippen molar-refractivity contribution in [3.8, 4) is 11.5 Å². The molecule has 4 rings (SSSR count). The van der Waals surface area contributed by atoms with E-state index in [-0.39, 0.29) is 30.2 Å². The Labute approximate surface area is 196 Å². The van der Waals surface area contributed by atoms with Crippen LogP contribution in [-0.2, 0) is 19.1 Å². The predicted molar refractivity (Wildman–Crippen MR) is 125 cm³/mol. The van der Waals surface area contributed by atoms with E-state index in [1.807, 2.05) is 31.2 Å². The van der Waals surface area contributed by atoms with E-state index in [1.54, 1.807) is 36.4 Å². The third-order valence-corrected chi connectivity index (χ3v) is 5.14. The van der Waals surface area contributed by atoms with Crippen LogP contribution in [-0.4, -0.2) is 30.3 Å². The third kappa shape index (κ3) is 5.29. The highest BCUT2D eigenvalue weighted by atomic mass is 16.5. The number of nitrogens with one attached hydrogen (secondary N) is 1. The number of hydrogen-bond acceptors (Lipinski definition) is 6. The molecule has 0 atom stereocenters. The fourth-order valence-electron chi connectivity index (χ4n) is 3.43. The molecule has 34 heavy (non-hydrogen) atoms. The Hall–Kier alpha value is -4.46. The molecule has 1 saturated heterocycles. The largest absolute Gasteiger partial charge is 0.455 e. The quantitative estimate of drug-likeness (QED) is 0.420. The van der Waals surface area contributed by atoms with Gasteiger partial charge in [0, 0.05) is 12.8 Å². The lowest BCUT2D eigenvalue weighted by atomic mass is 10.2. The fraction of sp³-hybridized carbons (Fsp3) is 0.154. The van der Waals surface area contributed by atoms with Gasteiger partial charge in [-0.3, -0.25) is 19.3 Å². The summed E-state index contributed by atoms with van der Waals surface area (Å²) in [5.74, 6) is -0.871. The molecule has 0 unspecified atom stereocenters. The number of rotatable bonds is 7. The van der Waals surface area contributed by atoms with Gasteiger partial charge in [-0.25, -0.2) is 4.79 Å². The van der Waals surface area contributed by atoms with Crippen molar-refractivity contribution in [2.24, 2.45) is 0 Å². The van der Waals surface area contributed by atoms with E-state index in [0.29, 0.717) is 22.9 Å². The van der Waals surface area contributed by atoms with Crippen LogP contribution in [0.4, 0.5) is 11.4 Å². The van der Waals surface area contributed by atoms with Crippen LogP contribution in [0.2, 0.25) is 0 Å². The summed E-state index contributed by atoms with van der Waals surface area (Å²) in [6.07, 6.45) is 0.283. The third-order valence-electron chi connectivity index (χ3n) is 5.14. The topological polar surface area (TPSA) is 102 Å². The van der Waals surface area contributed by atoms with Gasteiger partial charge in [0.25, 0.3) is 5.91 Å². The van der Waals surface area contributed by atoms with Gasteiger partial charge >= 0.3 is 5.97 Å². The van der Waals surface area contributed by atoms with Crippen molar-refractivity contribution >= 4 is 35.1 Å². The van der Waals surface area contributed by atoms with E-state index < -0.39 is 18.5 Å². The van der Waals surface area contributed by atoms with Crippen LogP contribution in [0.5, 0.6) is 11.5 Å². The Bertz CT molecular complexity index is 1240. The Morgan fingerprint density at radius 3 is 2.35 bits per heavy atom. The zero-order chi connectivity index (χ0) is 24.1. The second kappa shape index (κ2) is 9.99. The Balaban J connectivity index is 1.37. The lowest BCUT2D eigenvalue weighted by molar-refractivity contribution is -0.121. The predicted octanol–water partition coefficient (Wildman–Crippen LogP) is 4.24. The molecule has 0 saturated carbocycles. The molecule has 3 aromatic carbocycles. The first-order valence-corrected chi connectivity index (χ1v) is 10.7. The Morgan fingerprint density at radius 2 is 1.62 bits per heavy atom. The number of hydrogen-bond donors (Lipinski definition) is 1. The van der Waals surface area contributed by atoms with Crippen LogP contribution in [0, 0.1) is 6.92 Å². The van der Waals surface area contributed by atoms with Crippen molar-refractivity contribution in [1.29, 1.82) is 0 Å². The van der Waals surface area contributed by atoms with Crippen molar-refractivity contribution in [1.82, 2.24) is 0 Å². The summed E-state index contributed by atoms with van der Waals surface area (Å²) in [6, 6.07) is 20.4. The molecule has 1 fully saturated rings. The van der Waals surface area contributed by atoms with E-state index in [0.717, 1.165) is 10.5 Å². The highest BCUT2D eigenvalue weighted by molar-refractivity contribution is 6.20. The number of benzene rings is 3. The second-order valence-corrected chi connectivity index (χ2v) is 7.71. The van der Waals surface area contributed by atoms with Gasteiger partial charge in [-0.1, -0.05) is 35.9 Å². The molecule has 0 radical (unpaired) electrons. The first kappa shape index (κ1) is 22.7. The molecule has 8 heteroatoms. The van der Waals surface area contributed by atoms with Gasteiger partial charge in [-0.15, -0.1) is 0 Å². The first-order valence-electron chi connectivity index (χ1n) is 10.7. The summed E-state index contributed by atoms with van der Waals surface area (Å²) in [7, 11) is 0. The number of ether oxygens (including phenoxy) is 2. The maximum absolute atomic E-state index is 12.5. The summed E-state index contributed by atoms with van der Waals surface area (Å²) < 4.78 is 11.0. The number of carbonyl (C=O) groups excluding carboxylic acids is 4. The minimum absolute atomic E-state index is 0.126. The van der Waals surface area contributed by atoms with Crippen LogP contribution in [0.3, 0.4) is 0 Å². The van der Waals surface area contributed by atoms with Crippen LogP contribution >= 0.6 is 0 Å². The molecule has 172 valence electrons. The maximum Gasteiger partial charge on any atom is 0.338 e. The van der Waals surface area contributed by atoms with Crippen LogP contribution in [0.15, 0.2) is 72.8 Å². The smallest absolute Gasteiger partial charge is 0.338 e. The average molecular weight is 458 g/mol. The van der Waals surface area contributed by atoms with Crippen molar-refractivity contribution in [2.75, 3.05) is 16.8 Å². The van der Waals surface area contributed by atoms with E-state index in [4.69, 9.17) is 9.47 Å². The number of nitrogens with zero attached hydrogens (tertiary/aromatic N) is 1. The van der Waals surface area contributed by atoms with Crippen molar-refractivity contribution in [3.63, 3.8) is 0 Å². The van der Waals surface area contributed by atoms with E-state index >= 15 is 0 Å². The molecule has 0 bridgehead atoms. The van der Waals surface area contributed by atoms with E-state index in [9.17, 15) is 19.2 Å². The number of aryl methyl sites for hydroxylation is 1. The summed E-state index contributed by atoms with van der Waals surface area (Å²) in [4.78, 5) is 49.8. The fourth-order valence-corrected chi connectivity index (χ4v) is 3.43. The lowest BCUT2D eigenvalue weighted by Gasteiger charge is -2.15. The summed E-state index contributed by atoms with van der Waals surface area (Å²) in [5.41, 5.74) is 1.95. The normalized spacial score (nSPS) is 13.0. The Kier molecular flexibility index (Phi) is 6.68. The van der Waals surface area contributed by atoms with E-state index in [1.165, 1.54) is 12.1 Å². The minimum Gasteiger partial charge on any atom is -0.455 e. The van der Waals surface area contributed by atoms with Gasteiger partial charge in [0.1, 0.15) is 5.75 Å². The SMILES string of the molecule is Cc1ccc(Oc2ccccc2NC(=O)COC(=O)c2cccc(N3C(=O)CCC3=O)c2)cc1. The standard InChI is InChI=1S/C26H22N2O6/c1-17-9-11-20(12-10-17)34-22-8-3-2-7-21(22)27-23(29)16-33-26(32)18-5-4-6-19(15-18)28-24(30)13-14-25(28)31/h2-12,15H,13-14,16H2,1H3,(H,27,29). The molecule has 3 aromatic rings. The molecule has 0 aliphatic carbocycles. The highest BCUT2D eigenvalue weighted by Crippen LogP contribution is 2.29. The van der Waals surface area contributed by atoms with Gasteiger partial charge in [-0.2, -0.15) is 0 Å². The van der Waals surface area contributed by atoms with Crippen molar-refractivity contribution in [3.05, 3.63) is 83.9 Å². The number of esters is 1. The second-order valence-electron chi connectivity index (χ2n) is 7.71. The molecule has 0 spiro atoms. The molecule has 1 aliphatic rings. The van der Waals surface area contributed by atoms with Crippen molar-refractivity contribution < 1.29 is 28.7 Å². The van der Waals surface area contributed by atoms with Gasteiger partial charge in [-0.05, 0) is 49.4 Å². The monoisotopic (exact) mass is 458 g/mol. The molecular formula is C26H22N2O6. The zero-order valence-electron chi connectivity index (χ0n) is 18.4. The van der Waals surface area contributed by atoms with Gasteiger partial charge in [0.05, 0.1) is 16.9 Å². The molecule has 1 aliphatic heterocycles. The number of carbonyl (C=O) groups is 4. The number of amides is 3. The maximum atomic E-state index is 12.5. The lowest BCUT2D eigenvalue weighted by Crippen LogP contribution is -2.28. The van der Waals surface area contributed by atoms with Crippen LogP contribution < -0.4 is 15.0 Å². The minimum atomic E-state index is -0.750. The van der Waals surface area contributed by atoms with Gasteiger partial charge < -0.3 is 14.8 Å². The highest BCUT2D eigenvalue weighted by Gasteiger charge is 2.30. The van der Waals surface area contributed by atoms with Crippen LogP contribution in [0.1, 0.15) is 28.8 Å². The van der Waals surface area contributed by atoms with Crippen LogP contribution in [0.25, 0.3) is 0 Å². The summed E-state index contributed by atoms with van der Waals surface area (Å²) >= 11 is 0. The molecule has 1 heterocycles. The van der Waals surface area contributed by atoms with Crippen molar-refractivity contribution in [2.45, 2.75) is 19.8 Å². The number of imide groups is 1. The first-order chi connectivity index (χ1) is 16.4. The summed E-state index contributed by atoms with van der Waals surface area (Å²) in [5, 5.41) is 2.68. The van der Waals surface area contributed by atoms with Gasteiger partial charge in [0.2, 0.25) is 11.8 Å². The molecule has 1 N–H and O–H groups in total. The molecular weight excluding hydrogens is 436 g/mol. The number of para-hydroxylation sites is 2. The summed E-state index contributed by atoms with van der Waals surface area (Å²) in [6.45, 7) is 1.45. The average Bonchev–Trinajstić information content (AvgIpc) is 3.18. The van der Waals surface area contributed by atoms with E-state index in [2.05, 4.69) is 5.32 Å². The molecule has 3 amide bonds. The zero-order valence-corrected chi connectivity index (χ0v) is 18.4. The molecule has 0 aromatic heterocycles. The Morgan fingerprint density at radius 1 is 0.912 bits per heavy atom. The number of anilines is 2. The van der Waals surface area contributed by atoms with Gasteiger partial charge in [0.15, 0.2) is 12.4 Å². The molecule has 8 nitrogen and oxygen atoms in total.